The molecule has 6 heteroatoms. The molecule has 3 unspecified atom stereocenters. The minimum atomic E-state index is -4.18. The molecule has 1 aliphatic carbocycles. The van der Waals surface area contributed by atoms with E-state index in [9.17, 15) is 18.0 Å². The normalized spacial score (nSPS) is 26.8. The zero-order valence-electron chi connectivity index (χ0n) is 10.8. The summed E-state index contributed by atoms with van der Waals surface area (Å²) in [5.74, 6) is -2.04. The van der Waals surface area contributed by atoms with Crippen molar-refractivity contribution in [1.29, 1.82) is 0 Å². The van der Waals surface area contributed by atoms with Crippen LogP contribution in [-0.2, 0) is 4.79 Å². The van der Waals surface area contributed by atoms with Gasteiger partial charge in [-0.05, 0) is 26.2 Å². The maximum Gasteiger partial charge on any atom is 0.391 e. The Hall–Kier alpha value is -0.780. The average molecular weight is 266 g/mol. The molecule has 18 heavy (non-hydrogen) atoms. The Morgan fingerprint density at radius 1 is 1.44 bits per heavy atom. The maximum absolute atomic E-state index is 12.6. The zero-order valence-corrected chi connectivity index (χ0v) is 10.8. The summed E-state index contributed by atoms with van der Waals surface area (Å²) in [6, 6.07) is -0.166. The van der Waals surface area contributed by atoms with Crippen LogP contribution >= 0.6 is 0 Å². The van der Waals surface area contributed by atoms with Gasteiger partial charge < -0.3 is 10.6 Å². The highest BCUT2D eigenvalue weighted by atomic mass is 19.4. The topological polar surface area (TPSA) is 46.3 Å². The molecule has 1 rings (SSSR count). The van der Waals surface area contributed by atoms with Crippen LogP contribution in [0.25, 0.3) is 0 Å². The number of hydrogen-bond acceptors (Lipinski definition) is 2. The summed E-state index contributed by atoms with van der Waals surface area (Å²) in [5.41, 5.74) is 5.58. The predicted octanol–water partition coefficient (Wildman–Crippen LogP) is 2.16. The van der Waals surface area contributed by atoms with E-state index in [-0.39, 0.29) is 24.8 Å². The summed E-state index contributed by atoms with van der Waals surface area (Å²) in [4.78, 5) is 13.5. The van der Waals surface area contributed by atoms with E-state index in [4.69, 9.17) is 5.73 Å². The summed E-state index contributed by atoms with van der Waals surface area (Å²) >= 11 is 0. The molecule has 0 spiro atoms. The van der Waals surface area contributed by atoms with E-state index < -0.39 is 18.0 Å². The van der Waals surface area contributed by atoms with Crippen LogP contribution in [0.3, 0.4) is 0 Å². The Labute approximate surface area is 106 Å². The van der Waals surface area contributed by atoms with Crippen molar-refractivity contribution in [3.63, 3.8) is 0 Å². The third kappa shape index (κ3) is 4.15. The van der Waals surface area contributed by atoms with E-state index in [0.717, 1.165) is 0 Å². The van der Waals surface area contributed by atoms with E-state index in [1.807, 2.05) is 0 Å². The lowest BCUT2D eigenvalue weighted by molar-refractivity contribution is -0.187. The summed E-state index contributed by atoms with van der Waals surface area (Å²) < 4.78 is 37.9. The molecule has 1 amide bonds. The largest absolute Gasteiger partial charge is 0.391 e. The summed E-state index contributed by atoms with van der Waals surface area (Å²) in [6.07, 6.45) is -3.10. The number of nitrogens with zero attached hydrogens (tertiary/aromatic N) is 1. The SMILES string of the molecule is CC(N)CN(C)C(=O)C1CCCC(C(F)(F)F)C1. The Morgan fingerprint density at radius 3 is 2.56 bits per heavy atom. The van der Waals surface area contributed by atoms with Gasteiger partial charge in [-0.3, -0.25) is 4.79 Å². The Kier molecular flexibility index (Phi) is 5.01. The number of rotatable bonds is 3. The second kappa shape index (κ2) is 5.91. The maximum atomic E-state index is 12.6. The first-order valence-electron chi connectivity index (χ1n) is 6.29. The molecule has 106 valence electrons. The number of amides is 1. The third-order valence-electron chi connectivity index (χ3n) is 3.42. The standard InChI is InChI=1S/C12H21F3N2O/c1-8(16)7-17(2)11(18)9-4-3-5-10(6-9)12(13,14)15/h8-10H,3-7,16H2,1-2H3. The lowest BCUT2D eigenvalue weighted by Gasteiger charge is -2.32. The molecule has 0 radical (unpaired) electrons. The molecule has 3 nitrogen and oxygen atoms in total. The van der Waals surface area contributed by atoms with Crippen LogP contribution in [-0.4, -0.2) is 36.6 Å². The van der Waals surface area contributed by atoms with Gasteiger partial charge in [0.2, 0.25) is 5.91 Å². The number of hydrogen-bond donors (Lipinski definition) is 1. The van der Waals surface area contributed by atoms with Crippen LogP contribution < -0.4 is 5.73 Å². The van der Waals surface area contributed by atoms with Crippen molar-refractivity contribution >= 4 is 5.91 Å². The molecule has 0 aromatic rings. The number of carbonyl (C=O) groups is 1. The van der Waals surface area contributed by atoms with Gasteiger partial charge >= 0.3 is 6.18 Å². The molecular weight excluding hydrogens is 245 g/mol. The van der Waals surface area contributed by atoms with Gasteiger partial charge in [-0.25, -0.2) is 0 Å². The minimum Gasteiger partial charge on any atom is -0.344 e. The van der Waals surface area contributed by atoms with Crippen LogP contribution in [0.15, 0.2) is 0 Å². The highest BCUT2D eigenvalue weighted by Gasteiger charge is 2.43. The molecule has 1 saturated carbocycles. The van der Waals surface area contributed by atoms with Crippen LogP contribution in [0, 0.1) is 11.8 Å². The van der Waals surface area contributed by atoms with E-state index in [1.165, 1.54) is 4.90 Å². The Morgan fingerprint density at radius 2 is 2.06 bits per heavy atom. The molecule has 0 saturated heterocycles. The first kappa shape index (κ1) is 15.3. The predicted molar refractivity (Wildman–Crippen MR) is 62.8 cm³/mol. The third-order valence-corrected chi connectivity index (χ3v) is 3.42. The van der Waals surface area contributed by atoms with Gasteiger partial charge in [0.25, 0.3) is 0 Å². The van der Waals surface area contributed by atoms with Gasteiger partial charge in [-0.2, -0.15) is 13.2 Å². The van der Waals surface area contributed by atoms with E-state index in [0.29, 0.717) is 19.4 Å². The fraction of sp³-hybridized carbons (Fsp3) is 0.917. The number of nitrogens with two attached hydrogens (primary N) is 1. The van der Waals surface area contributed by atoms with E-state index >= 15 is 0 Å². The quantitative estimate of drug-likeness (QED) is 0.851. The fourth-order valence-electron chi connectivity index (χ4n) is 2.55. The average Bonchev–Trinajstić information content (AvgIpc) is 2.26. The van der Waals surface area contributed by atoms with Gasteiger partial charge in [-0.15, -0.1) is 0 Å². The van der Waals surface area contributed by atoms with Crippen molar-refractivity contribution < 1.29 is 18.0 Å². The van der Waals surface area contributed by atoms with Gasteiger partial charge in [0.15, 0.2) is 0 Å². The molecule has 1 fully saturated rings. The summed E-state index contributed by atoms with van der Waals surface area (Å²) in [7, 11) is 1.60. The van der Waals surface area contributed by atoms with Crippen molar-refractivity contribution in [3.8, 4) is 0 Å². The molecule has 1 aliphatic rings. The van der Waals surface area contributed by atoms with Gasteiger partial charge in [-0.1, -0.05) is 6.42 Å². The summed E-state index contributed by atoms with van der Waals surface area (Å²) in [6.45, 7) is 2.15. The lowest BCUT2D eigenvalue weighted by Crippen LogP contribution is -2.42. The van der Waals surface area contributed by atoms with Gasteiger partial charge in [0, 0.05) is 25.6 Å². The second-order valence-corrected chi connectivity index (χ2v) is 5.30. The van der Waals surface area contributed by atoms with Crippen molar-refractivity contribution in [2.75, 3.05) is 13.6 Å². The number of alkyl halides is 3. The highest BCUT2D eigenvalue weighted by Crippen LogP contribution is 2.40. The lowest BCUT2D eigenvalue weighted by atomic mass is 9.80. The van der Waals surface area contributed by atoms with E-state index in [1.54, 1.807) is 14.0 Å². The molecule has 0 bridgehead atoms. The Bertz CT molecular complexity index is 292. The van der Waals surface area contributed by atoms with Gasteiger partial charge in [0.05, 0.1) is 5.92 Å². The first-order chi connectivity index (χ1) is 8.21. The van der Waals surface area contributed by atoms with Crippen LogP contribution in [0.5, 0.6) is 0 Å². The monoisotopic (exact) mass is 266 g/mol. The molecule has 3 atom stereocenters. The van der Waals surface area contributed by atoms with Crippen molar-refractivity contribution in [1.82, 2.24) is 4.90 Å². The van der Waals surface area contributed by atoms with Crippen molar-refractivity contribution in [2.24, 2.45) is 17.6 Å². The zero-order chi connectivity index (χ0) is 13.9. The minimum absolute atomic E-state index is 0.0778. The highest BCUT2D eigenvalue weighted by molar-refractivity contribution is 5.78. The first-order valence-corrected chi connectivity index (χ1v) is 6.29. The number of halogens is 3. The van der Waals surface area contributed by atoms with Crippen LogP contribution in [0.4, 0.5) is 13.2 Å². The van der Waals surface area contributed by atoms with Crippen molar-refractivity contribution in [3.05, 3.63) is 0 Å². The molecule has 0 aliphatic heterocycles. The smallest absolute Gasteiger partial charge is 0.344 e. The second-order valence-electron chi connectivity index (χ2n) is 5.30. The number of carbonyl (C=O) groups excluding carboxylic acids is 1. The molecule has 0 aromatic heterocycles. The number of likely N-dealkylation sites (N-methyl/N-ethyl adjacent to an activating group) is 1. The molecule has 2 N–H and O–H groups in total. The summed E-state index contributed by atoms with van der Waals surface area (Å²) in [5, 5.41) is 0. The van der Waals surface area contributed by atoms with Crippen LogP contribution in [0.1, 0.15) is 32.6 Å². The molecule has 0 heterocycles. The Balaban J connectivity index is 2.58. The fourth-order valence-corrected chi connectivity index (χ4v) is 2.55. The molecular formula is C12H21F3N2O. The van der Waals surface area contributed by atoms with Gasteiger partial charge in [0.1, 0.15) is 0 Å². The molecule has 0 aromatic carbocycles. The van der Waals surface area contributed by atoms with E-state index in [2.05, 4.69) is 0 Å². The van der Waals surface area contributed by atoms with Crippen molar-refractivity contribution in [2.45, 2.75) is 44.8 Å². The van der Waals surface area contributed by atoms with Crippen LogP contribution in [0.2, 0.25) is 0 Å².